The van der Waals surface area contributed by atoms with Crippen LogP contribution in [0.4, 0.5) is 4.39 Å². The van der Waals surface area contributed by atoms with E-state index < -0.39 is 12.3 Å². The molecule has 8 heavy (non-hydrogen) atoms. The average molecular weight is 114 g/mol. The van der Waals surface area contributed by atoms with Crippen LogP contribution in [0, 0.1) is 18.3 Å². The fourth-order valence-corrected chi connectivity index (χ4v) is 0.663. The molecule has 0 aromatic heterocycles. The predicted octanol–water partition coefficient (Wildman–Crippen LogP) is 0.340. The first-order valence-electron chi connectivity index (χ1n) is 2.49. The molecule has 1 aliphatic carbocycles. The maximum Gasteiger partial charge on any atom is 0.148 e. The topological polar surface area (TPSA) is 20.2 Å². The van der Waals surface area contributed by atoms with Crippen molar-refractivity contribution in [1.82, 2.24) is 0 Å². The molecule has 2 unspecified atom stereocenters. The second-order valence-electron chi connectivity index (χ2n) is 2.12. The molecule has 0 aliphatic heterocycles. The zero-order valence-corrected chi connectivity index (χ0v) is 4.39. The molecule has 2 atom stereocenters. The minimum absolute atomic E-state index is 0.326. The molecule has 44 valence electrons. The first-order chi connectivity index (χ1) is 3.73. The van der Waals surface area contributed by atoms with Crippen LogP contribution in [0.3, 0.4) is 0 Å². The number of hydrogen-bond acceptors (Lipinski definition) is 1. The van der Waals surface area contributed by atoms with Gasteiger partial charge in [0.15, 0.2) is 0 Å². The van der Waals surface area contributed by atoms with E-state index in [1.165, 1.54) is 0 Å². The van der Waals surface area contributed by atoms with E-state index in [-0.39, 0.29) is 5.92 Å². The van der Waals surface area contributed by atoms with Gasteiger partial charge < -0.3 is 5.11 Å². The Morgan fingerprint density at radius 1 is 2.00 bits per heavy atom. The smallest absolute Gasteiger partial charge is 0.148 e. The Morgan fingerprint density at radius 3 is 2.75 bits per heavy atom. The number of hydrogen-bond donors (Lipinski definition) is 1. The highest BCUT2D eigenvalue weighted by Crippen LogP contribution is 2.45. The third-order valence-electron chi connectivity index (χ3n) is 1.47. The summed E-state index contributed by atoms with van der Waals surface area (Å²) in [4.78, 5) is 0. The first-order valence-corrected chi connectivity index (χ1v) is 2.49. The van der Waals surface area contributed by atoms with Gasteiger partial charge in [-0.15, -0.1) is 6.42 Å². The molecule has 1 aliphatic rings. The van der Waals surface area contributed by atoms with Gasteiger partial charge in [0, 0.05) is 6.42 Å². The standard InChI is InChI=1S/C6H7FO/c1-2-5-3-6(5,7)4-8/h1,5,8H,3-4H2. The van der Waals surface area contributed by atoms with E-state index in [2.05, 4.69) is 5.92 Å². The zero-order valence-electron chi connectivity index (χ0n) is 4.39. The number of halogens is 1. The Labute approximate surface area is 47.5 Å². The van der Waals surface area contributed by atoms with E-state index in [1.807, 2.05) is 0 Å². The molecule has 0 heterocycles. The highest BCUT2D eigenvalue weighted by molar-refractivity contribution is 5.17. The molecular weight excluding hydrogens is 107 g/mol. The van der Waals surface area contributed by atoms with Crippen molar-refractivity contribution in [3.8, 4) is 12.3 Å². The molecule has 0 aromatic rings. The van der Waals surface area contributed by atoms with Gasteiger partial charge in [0.2, 0.25) is 0 Å². The number of terminal acetylenes is 1. The van der Waals surface area contributed by atoms with Gasteiger partial charge in [-0.25, -0.2) is 4.39 Å². The number of rotatable bonds is 1. The third kappa shape index (κ3) is 0.597. The first kappa shape index (κ1) is 5.58. The lowest BCUT2D eigenvalue weighted by molar-refractivity contribution is 0.153. The maximum absolute atomic E-state index is 12.5. The van der Waals surface area contributed by atoms with Crippen LogP contribution in [-0.2, 0) is 0 Å². The SMILES string of the molecule is C#CC1CC1(F)CO. The van der Waals surface area contributed by atoms with E-state index in [4.69, 9.17) is 11.5 Å². The quantitative estimate of drug-likeness (QED) is 0.487. The summed E-state index contributed by atoms with van der Waals surface area (Å²) in [6.45, 7) is -0.429. The second-order valence-corrected chi connectivity index (χ2v) is 2.12. The molecule has 1 saturated carbocycles. The summed E-state index contributed by atoms with van der Waals surface area (Å²) in [5, 5.41) is 8.30. The van der Waals surface area contributed by atoms with Crippen LogP contribution in [0.1, 0.15) is 6.42 Å². The molecular formula is C6H7FO. The van der Waals surface area contributed by atoms with Crippen LogP contribution < -0.4 is 0 Å². The van der Waals surface area contributed by atoms with Gasteiger partial charge in [-0.05, 0) is 0 Å². The molecule has 0 amide bonds. The fraction of sp³-hybridized carbons (Fsp3) is 0.667. The van der Waals surface area contributed by atoms with Gasteiger partial charge in [-0.3, -0.25) is 0 Å². The Hall–Kier alpha value is -0.550. The average Bonchev–Trinajstić information content (AvgIpc) is 2.44. The molecule has 0 aromatic carbocycles. The van der Waals surface area contributed by atoms with Gasteiger partial charge in [-0.1, -0.05) is 5.92 Å². The van der Waals surface area contributed by atoms with E-state index in [0.29, 0.717) is 6.42 Å². The summed E-state index contributed by atoms with van der Waals surface area (Å²) in [5.41, 5.74) is -1.42. The fourth-order valence-electron chi connectivity index (χ4n) is 0.663. The van der Waals surface area contributed by atoms with Gasteiger partial charge >= 0.3 is 0 Å². The third-order valence-corrected chi connectivity index (χ3v) is 1.47. The van der Waals surface area contributed by atoms with E-state index in [0.717, 1.165) is 0 Å². The van der Waals surface area contributed by atoms with Crippen molar-refractivity contribution in [1.29, 1.82) is 0 Å². The lowest BCUT2D eigenvalue weighted by Gasteiger charge is -1.94. The molecule has 0 bridgehead atoms. The number of alkyl halides is 1. The van der Waals surface area contributed by atoms with E-state index in [9.17, 15) is 4.39 Å². The van der Waals surface area contributed by atoms with Crippen LogP contribution in [0.2, 0.25) is 0 Å². The Balaban J connectivity index is 2.46. The minimum atomic E-state index is -1.42. The highest BCUT2D eigenvalue weighted by Gasteiger charge is 2.54. The molecule has 1 nitrogen and oxygen atoms in total. The molecule has 0 spiro atoms. The zero-order chi connectivity index (χ0) is 6.20. The summed E-state index contributed by atoms with van der Waals surface area (Å²) in [7, 11) is 0. The largest absolute Gasteiger partial charge is 0.393 e. The van der Waals surface area contributed by atoms with Gasteiger partial charge in [0.1, 0.15) is 5.67 Å². The summed E-state index contributed by atoms with van der Waals surface area (Å²) in [5.74, 6) is 1.92. The second kappa shape index (κ2) is 1.46. The van der Waals surface area contributed by atoms with E-state index in [1.54, 1.807) is 0 Å². The van der Waals surface area contributed by atoms with Crippen molar-refractivity contribution >= 4 is 0 Å². The molecule has 0 saturated heterocycles. The highest BCUT2D eigenvalue weighted by atomic mass is 19.1. The van der Waals surface area contributed by atoms with Crippen molar-refractivity contribution in [2.45, 2.75) is 12.1 Å². The minimum Gasteiger partial charge on any atom is -0.393 e. The summed E-state index contributed by atoms with van der Waals surface area (Å²) in [6.07, 6.45) is 5.22. The van der Waals surface area contributed by atoms with Crippen LogP contribution >= 0.6 is 0 Å². The predicted molar refractivity (Wildman–Crippen MR) is 27.9 cm³/mol. The monoisotopic (exact) mass is 114 g/mol. The van der Waals surface area contributed by atoms with Crippen molar-refractivity contribution in [3.63, 3.8) is 0 Å². The van der Waals surface area contributed by atoms with Crippen LogP contribution in [0.25, 0.3) is 0 Å². The Morgan fingerprint density at radius 2 is 2.62 bits per heavy atom. The van der Waals surface area contributed by atoms with Gasteiger partial charge in [0.05, 0.1) is 12.5 Å². The number of aliphatic hydroxyl groups excluding tert-OH is 1. The molecule has 1 fully saturated rings. The van der Waals surface area contributed by atoms with Crippen molar-refractivity contribution < 1.29 is 9.50 Å². The van der Waals surface area contributed by atoms with Crippen LogP contribution in [0.5, 0.6) is 0 Å². The Kier molecular flexibility index (Phi) is 1.02. The van der Waals surface area contributed by atoms with Crippen LogP contribution in [0.15, 0.2) is 0 Å². The lowest BCUT2D eigenvalue weighted by atomic mass is 10.3. The maximum atomic E-state index is 12.5. The van der Waals surface area contributed by atoms with E-state index >= 15 is 0 Å². The summed E-state index contributed by atoms with van der Waals surface area (Å²) in [6, 6.07) is 0. The molecule has 1 N–H and O–H groups in total. The Bertz CT molecular complexity index is 138. The van der Waals surface area contributed by atoms with Crippen molar-refractivity contribution in [3.05, 3.63) is 0 Å². The van der Waals surface area contributed by atoms with Gasteiger partial charge in [-0.2, -0.15) is 0 Å². The van der Waals surface area contributed by atoms with Gasteiger partial charge in [0.25, 0.3) is 0 Å². The molecule has 1 rings (SSSR count). The van der Waals surface area contributed by atoms with Crippen molar-refractivity contribution in [2.24, 2.45) is 5.92 Å². The number of aliphatic hydroxyl groups is 1. The van der Waals surface area contributed by atoms with Crippen molar-refractivity contribution in [2.75, 3.05) is 6.61 Å². The van der Waals surface area contributed by atoms with Crippen LogP contribution in [-0.4, -0.2) is 17.4 Å². The normalized spacial score (nSPS) is 43.4. The molecule has 0 radical (unpaired) electrons. The summed E-state index contributed by atoms with van der Waals surface area (Å²) < 4.78 is 12.5. The lowest BCUT2D eigenvalue weighted by Crippen LogP contribution is -2.08. The molecule has 2 heteroatoms. The summed E-state index contributed by atoms with van der Waals surface area (Å²) >= 11 is 0.